The highest BCUT2D eigenvalue weighted by Crippen LogP contribution is 2.26. The normalized spacial score (nSPS) is 12.6. The maximum absolute atomic E-state index is 4.37. The molecule has 2 aromatic rings. The van der Waals surface area contributed by atoms with Crippen molar-refractivity contribution in [1.82, 2.24) is 15.1 Å². The number of nitrogens with zero attached hydrogens (tertiary/aromatic N) is 2. The largest absolute Gasteiger partial charge is 0.310 e. The summed E-state index contributed by atoms with van der Waals surface area (Å²) in [4.78, 5) is 0. The van der Waals surface area contributed by atoms with Gasteiger partial charge in [-0.3, -0.25) is 4.68 Å². The highest BCUT2D eigenvalue weighted by Gasteiger charge is 2.14. The minimum Gasteiger partial charge on any atom is -0.310 e. The second-order valence-corrected chi connectivity index (χ2v) is 6.95. The molecule has 1 unspecified atom stereocenters. The van der Waals surface area contributed by atoms with E-state index in [1.807, 2.05) is 10.9 Å². The Hall–Kier alpha value is -0.650. The Morgan fingerprint density at radius 1 is 1.19 bits per heavy atom. The molecule has 0 spiro atoms. The molecule has 0 saturated heterocycles. The van der Waals surface area contributed by atoms with Gasteiger partial charge in [0.15, 0.2) is 0 Å². The van der Waals surface area contributed by atoms with E-state index in [0.717, 1.165) is 34.9 Å². The molecule has 0 aliphatic carbocycles. The maximum Gasteiger partial charge on any atom is 0.0522 e. The summed E-state index contributed by atoms with van der Waals surface area (Å²) in [5, 5.41) is 8.00. The van der Waals surface area contributed by atoms with Gasteiger partial charge in [-0.1, -0.05) is 38.8 Å². The van der Waals surface area contributed by atoms with E-state index < -0.39 is 0 Å². The van der Waals surface area contributed by atoms with Crippen LogP contribution in [0.3, 0.4) is 0 Å². The van der Waals surface area contributed by atoms with Crippen LogP contribution in [0.25, 0.3) is 0 Å². The standard InChI is InChI=1S/C16H21Br2N3/c1-3-5-19-16(6-12-10-20-21(4-2)11-12)13-7-14(17)9-15(18)8-13/h7-11,16,19H,3-6H2,1-2H3. The van der Waals surface area contributed by atoms with Crippen molar-refractivity contribution in [3.63, 3.8) is 0 Å². The third-order valence-electron chi connectivity index (χ3n) is 3.38. The molecule has 1 aromatic heterocycles. The predicted octanol–water partition coefficient (Wildman–Crippen LogP) is 4.71. The second kappa shape index (κ2) is 8.11. The Morgan fingerprint density at radius 2 is 1.90 bits per heavy atom. The van der Waals surface area contributed by atoms with E-state index in [-0.39, 0.29) is 0 Å². The minimum absolute atomic E-state index is 0.299. The summed E-state index contributed by atoms with van der Waals surface area (Å²) in [6.07, 6.45) is 6.17. The van der Waals surface area contributed by atoms with Gasteiger partial charge in [0, 0.05) is 27.7 Å². The van der Waals surface area contributed by atoms with Gasteiger partial charge in [-0.25, -0.2) is 0 Å². The number of halogens is 2. The van der Waals surface area contributed by atoms with Gasteiger partial charge in [0.25, 0.3) is 0 Å². The lowest BCUT2D eigenvalue weighted by atomic mass is 10.0. The Balaban J connectivity index is 2.20. The summed E-state index contributed by atoms with van der Waals surface area (Å²) in [6, 6.07) is 6.73. The van der Waals surface area contributed by atoms with Crippen molar-refractivity contribution in [2.45, 2.75) is 39.3 Å². The lowest BCUT2D eigenvalue weighted by Crippen LogP contribution is -2.24. The van der Waals surface area contributed by atoms with Crippen LogP contribution in [0.4, 0.5) is 0 Å². The number of nitrogens with one attached hydrogen (secondary N) is 1. The zero-order chi connectivity index (χ0) is 15.2. The SMILES string of the molecule is CCCNC(Cc1cnn(CC)c1)c1cc(Br)cc(Br)c1. The zero-order valence-corrected chi connectivity index (χ0v) is 15.6. The van der Waals surface area contributed by atoms with Gasteiger partial charge in [0.2, 0.25) is 0 Å². The van der Waals surface area contributed by atoms with E-state index in [2.05, 4.69) is 80.5 Å². The Bertz CT molecular complexity index is 560. The van der Waals surface area contributed by atoms with Gasteiger partial charge in [-0.15, -0.1) is 0 Å². The van der Waals surface area contributed by atoms with Crippen LogP contribution in [0.15, 0.2) is 39.5 Å². The molecule has 3 nitrogen and oxygen atoms in total. The van der Waals surface area contributed by atoms with Gasteiger partial charge in [0.05, 0.1) is 6.20 Å². The van der Waals surface area contributed by atoms with Crippen LogP contribution in [0.2, 0.25) is 0 Å². The van der Waals surface area contributed by atoms with E-state index in [1.54, 1.807) is 0 Å². The van der Waals surface area contributed by atoms with Crippen molar-refractivity contribution in [3.8, 4) is 0 Å². The van der Waals surface area contributed by atoms with E-state index in [1.165, 1.54) is 11.1 Å². The fraction of sp³-hybridized carbons (Fsp3) is 0.438. The van der Waals surface area contributed by atoms with Crippen molar-refractivity contribution in [3.05, 3.63) is 50.7 Å². The first-order chi connectivity index (χ1) is 10.1. The van der Waals surface area contributed by atoms with Gasteiger partial charge in [-0.05, 0) is 55.6 Å². The summed E-state index contributed by atoms with van der Waals surface area (Å²) in [6.45, 7) is 6.22. The van der Waals surface area contributed by atoms with E-state index >= 15 is 0 Å². The van der Waals surface area contributed by atoms with E-state index in [0.29, 0.717) is 6.04 Å². The molecule has 21 heavy (non-hydrogen) atoms. The highest BCUT2D eigenvalue weighted by atomic mass is 79.9. The lowest BCUT2D eigenvalue weighted by Gasteiger charge is -2.19. The number of benzene rings is 1. The molecule has 1 N–H and O–H groups in total. The number of hydrogen-bond donors (Lipinski definition) is 1. The average molecular weight is 415 g/mol. The van der Waals surface area contributed by atoms with Crippen molar-refractivity contribution in [1.29, 1.82) is 0 Å². The van der Waals surface area contributed by atoms with Crippen molar-refractivity contribution in [2.24, 2.45) is 0 Å². The van der Waals surface area contributed by atoms with Crippen LogP contribution >= 0.6 is 31.9 Å². The lowest BCUT2D eigenvalue weighted by molar-refractivity contribution is 0.528. The first-order valence-electron chi connectivity index (χ1n) is 7.33. The molecule has 1 aromatic carbocycles. The number of aryl methyl sites for hydroxylation is 1. The molecular weight excluding hydrogens is 394 g/mol. The molecule has 1 atom stereocenters. The number of aromatic nitrogens is 2. The average Bonchev–Trinajstić information content (AvgIpc) is 2.90. The number of rotatable bonds is 7. The molecule has 0 fully saturated rings. The zero-order valence-electron chi connectivity index (χ0n) is 12.4. The number of hydrogen-bond acceptors (Lipinski definition) is 2. The van der Waals surface area contributed by atoms with Crippen LogP contribution in [0.5, 0.6) is 0 Å². The quantitative estimate of drug-likeness (QED) is 0.710. The van der Waals surface area contributed by atoms with Crippen molar-refractivity contribution in [2.75, 3.05) is 6.54 Å². The molecule has 0 aliphatic heterocycles. The van der Waals surface area contributed by atoms with Crippen LogP contribution in [0, 0.1) is 0 Å². The molecular formula is C16H21Br2N3. The summed E-state index contributed by atoms with van der Waals surface area (Å²) in [5.41, 5.74) is 2.55. The van der Waals surface area contributed by atoms with Crippen molar-refractivity contribution >= 4 is 31.9 Å². The molecule has 114 valence electrons. The molecule has 2 rings (SSSR count). The highest BCUT2D eigenvalue weighted by molar-refractivity contribution is 9.11. The minimum atomic E-state index is 0.299. The van der Waals surface area contributed by atoms with E-state index in [4.69, 9.17) is 0 Å². The van der Waals surface area contributed by atoms with Gasteiger partial charge >= 0.3 is 0 Å². The fourth-order valence-electron chi connectivity index (χ4n) is 2.32. The maximum atomic E-state index is 4.37. The third kappa shape index (κ3) is 4.94. The topological polar surface area (TPSA) is 29.9 Å². The monoisotopic (exact) mass is 413 g/mol. The summed E-state index contributed by atoms with van der Waals surface area (Å²) >= 11 is 7.15. The van der Waals surface area contributed by atoms with E-state index in [9.17, 15) is 0 Å². The van der Waals surface area contributed by atoms with Gasteiger partial charge in [0.1, 0.15) is 0 Å². The summed E-state index contributed by atoms with van der Waals surface area (Å²) in [5.74, 6) is 0. The molecule has 5 heteroatoms. The first-order valence-corrected chi connectivity index (χ1v) is 8.91. The van der Waals surface area contributed by atoms with Gasteiger partial charge < -0.3 is 5.32 Å². The third-order valence-corrected chi connectivity index (χ3v) is 4.29. The molecule has 0 amide bonds. The van der Waals surface area contributed by atoms with Crippen molar-refractivity contribution < 1.29 is 0 Å². The smallest absolute Gasteiger partial charge is 0.0522 e. The first kappa shape index (κ1) is 16.7. The Morgan fingerprint density at radius 3 is 2.48 bits per heavy atom. The molecule has 0 radical (unpaired) electrons. The fourth-order valence-corrected chi connectivity index (χ4v) is 3.65. The van der Waals surface area contributed by atoms with Crippen LogP contribution in [-0.2, 0) is 13.0 Å². The summed E-state index contributed by atoms with van der Waals surface area (Å²) < 4.78 is 4.17. The predicted molar refractivity (Wildman–Crippen MR) is 94.5 cm³/mol. The molecule has 0 bridgehead atoms. The second-order valence-electron chi connectivity index (χ2n) is 5.12. The molecule has 0 aliphatic rings. The summed E-state index contributed by atoms with van der Waals surface area (Å²) in [7, 11) is 0. The molecule has 0 saturated carbocycles. The van der Waals surface area contributed by atoms with Crippen LogP contribution < -0.4 is 5.32 Å². The Labute approximate surface area is 143 Å². The van der Waals surface area contributed by atoms with Gasteiger partial charge in [-0.2, -0.15) is 5.10 Å². The van der Waals surface area contributed by atoms with Crippen LogP contribution in [0.1, 0.15) is 37.4 Å². The van der Waals surface area contributed by atoms with Crippen LogP contribution in [-0.4, -0.2) is 16.3 Å². The molecule has 1 heterocycles. The Kier molecular flexibility index (Phi) is 6.45.